The van der Waals surface area contributed by atoms with Gasteiger partial charge in [0.15, 0.2) is 0 Å². The SMILES string of the molecule is CC(C)(C)c1cc(I)c2c(c1)C[N+](C)(C)C1(CCC(C(C)(C)C)CC1)O2.O.[I-]. The van der Waals surface area contributed by atoms with Crippen molar-refractivity contribution >= 4 is 22.6 Å². The van der Waals surface area contributed by atoms with Crippen LogP contribution in [0.2, 0.25) is 0 Å². The van der Waals surface area contributed by atoms with Crippen molar-refractivity contribution in [3.8, 4) is 5.75 Å². The molecule has 1 aromatic carbocycles. The van der Waals surface area contributed by atoms with Crippen molar-refractivity contribution in [1.82, 2.24) is 0 Å². The first-order chi connectivity index (χ1) is 11.8. The Kier molecular flexibility index (Phi) is 8.02. The number of ether oxygens (including phenoxy) is 1. The summed E-state index contributed by atoms with van der Waals surface area (Å²) in [6.45, 7) is 15.1. The van der Waals surface area contributed by atoms with Crippen LogP contribution in [0.15, 0.2) is 12.1 Å². The van der Waals surface area contributed by atoms with E-state index in [1.54, 1.807) is 0 Å². The summed E-state index contributed by atoms with van der Waals surface area (Å²) in [7, 11) is 4.74. The lowest BCUT2D eigenvalue weighted by molar-refractivity contribution is -0.980. The fourth-order valence-corrected chi connectivity index (χ4v) is 5.63. The molecule has 3 nitrogen and oxygen atoms in total. The number of nitrogens with zero attached hydrogens (tertiary/aromatic N) is 1. The molecule has 1 aliphatic carbocycles. The molecule has 2 N–H and O–H groups in total. The Labute approximate surface area is 203 Å². The molecule has 1 heterocycles. The summed E-state index contributed by atoms with van der Waals surface area (Å²) >= 11 is 2.49. The Bertz CT molecular complexity index is 694. The average Bonchev–Trinajstić information content (AvgIpc) is 2.47. The second-order valence-corrected chi connectivity index (χ2v) is 12.4. The first kappa shape index (κ1) is 26.4. The molecule has 1 spiro atoms. The summed E-state index contributed by atoms with van der Waals surface area (Å²) in [5, 5.41) is 0. The van der Waals surface area contributed by atoms with Gasteiger partial charge in [0.25, 0.3) is 0 Å². The molecule has 5 heteroatoms. The largest absolute Gasteiger partial charge is 1.00 e. The fourth-order valence-electron chi connectivity index (χ4n) is 4.84. The van der Waals surface area contributed by atoms with Crippen molar-refractivity contribution < 1.29 is 38.7 Å². The van der Waals surface area contributed by atoms with Crippen molar-refractivity contribution in [2.24, 2.45) is 11.3 Å². The summed E-state index contributed by atoms with van der Waals surface area (Å²) in [6.07, 6.45) is 4.88. The Morgan fingerprint density at radius 2 is 1.57 bits per heavy atom. The van der Waals surface area contributed by atoms with Gasteiger partial charge in [-0.05, 0) is 69.9 Å². The van der Waals surface area contributed by atoms with Crippen molar-refractivity contribution in [3.05, 3.63) is 26.8 Å². The Morgan fingerprint density at radius 1 is 1.04 bits per heavy atom. The lowest BCUT2D eigenvalue weighted by Crippen LogP contribution is -3.00. The minimum atomic E-state index is -0.0576. The molecular formula is C23H39I2NO2. The summed E-state index contributed by atoms with van der Waals surface area (Å²) in [6, 6.07) is 4.73. The lowest BCUT2D eigenvalue weighted by Gasteiger charge is -2.54. The number of halogens is 2. The topological polar surface area (TPSA) is 40.7 Å². The number of benzene rings is 1. The number of rotatable bonds is 0. The number of fused-ring (bicyclic) bond motifs is 1. The molecular weight excluding hydrogens is 576 g/mol. The second-order valence-electron chi connectivity index (χ2n) is 11.2. The molecule has 0 atom stereocenters. The minimum absolute atomic E-state index is 0. The molecule has 0 saturated heterocycles. The zero-order chi connectivity index (χ0) is 19.5. The lowest BCUT2D eigenvalue weighted by atomic mass is 9.69. The summed E-state index contributed by atoms with van der Waals surface area (Å²) < 4.78 is 9.12. The predicted octanol–water partition coefficient (Wildman–Crippen LogP) is 2.67. The minimum Gasteiger partial charge on any atom is -1.00 e. The first-order valence-corrected chi connectivity index (χ1v) is 11.2. The van der Waals surface area contributed by atoms with Crippen molar-refractivity contribution in [2.45, 2.75) is 84.9 Å². The van der Waals surface area contributed by atoms with Crippen LogP contribution in [0.4, 0.5) is 0 Å². The van der Waals surface area contributed by atoms with Crippen LogP contribution in [0.25, 0.3) is 0 Å². The highest BCUT2D eigenvalue weighted by molar-refractivity contribution is 14.1. The van der Waals surface area contributed by atoms with Gasteiger partial charge in [-0.15, -0.1) is 0 Å². The van der Waals surface area contributed by atoms with Crippen LogP contribution < -0.4 is 28.7 Å². The standard InChI is InChI=1S/C23H37INO.HI.H2O/c1-21(2,3)17-9-11-23(12-10-17)25(7,8)15-16-13-18(22(4,5)6)14-19(24)20(16)26-23;;/h13-14,17H,9-12,15H2,1-8H3;1H;1H2/q+1;;/p-1. The van der Waals surface area contributed by atoms with Gasteiger partial charge in [-0.2, -0.15) is 0 Å². The van der Waals surface area contributed by atoms with E-state index in [1.165, 1.54) is 40.4 Å². The number of hydrogen-bond acceptors (Lipinski definition) is 1. The molecule has 162 valence electrons. The van der Waals surface area contributed by atoms with Gasteiger partial charge in [0.1, 0.15) is 12.3 Å². The second kappa shape index (κ2) is 8.50. The molecule has 1 fully saturated rings. The summed E-state index contributed by atoms with van der Waals surface area (Å²) in [5.41, 5.74) is 3.32. The molecule has 1 saturated carbocycles. The van der Waals surface area contributed by atoms with Crippen LogP contribution in [0, 0.1) is 14.9 Å². The van der Waals surface area contributed by atoms with E-state index >= 15 is 0 Å². The van der Waals surface area contributed by atoms with Gasteiger partial charge in [-0.1, -0.05) is 41.5 Å². The molecule has 3 rings (SSSR count). The number of hydrogen-bond donors (Lipinski definition) is 0. The predicted molar refractivity (Wildman–Crippen MR) is 122 cm³/mol. The number of quaternary nitrogens is 1. The van der Waals surface area contributed by atoms with Crippen LogP contribution >= 0.6 is 22.6 Å². The van der Waals surface area contributed by atoms with Crippen LogP contribution in [0.5, 0.6) is 5.75 Å². The smallest absolute Gasteiger partial charge is 0.243 e. The quantitative estimate of drug-likeness (QED) is 0.327. The van der Waals surface area contributed by atoms with Gasteiger partial charge in [0.2, 0.25) is 5.72 Å². The van der Waals surface area contributed by atoms with E-state index in [9.17, 15) is 0 Å². The zero-order valence-electron chi connectivity index (χ0n) is 18.9. The maximum atomic E-state index is 6.90. The van der Waals surface area contributed by atoms with Crippen LogP contribution in [-0.2, 0) is 12.0 Å². The highest BCUT2D eigenvalue weighted by atomic mass is 127. The molecule has 0 bridgehead atoms. The third kappa shape index (κ3) is 4.83. The zero-order valence-corrected chi connectivity index (χ0v) is 23.2. The molecule has 0 radical (unpaired) electrons. The van der Waals surface area contributed by atoms with Crippen molar-refractivity contribution in [1.29, 1.82) is 0 Å². The van der Waals surface area contributed by atoms with Crippen LogP contribution in [-0.4, -0.2) is 29.8 Å². The molecule has 28 heavy (non-hydrogen) atoms. The van der Waals surface area contributed by atoms with Gasteiger partial charge in [-0.3, -0.25) is 4.48 Å². The third-order valence-electron chi connectivity index (χ3n) is 6.94. The van der Waals surface area contributed by atoms with Gasteiger partial charge in [0, 0.05) is 12.8 Å². The van der Waals surface area contributed by atoms with Crippen molar-refractivity contribution in [3.63, 3.8) is 0 Å². The molecule has 0 aromatic heterocycles. The van der Waals surface area contributed by atoms with E-state index in [2.05, 4.69) is 90.4 Å². The highest BCUT2D eigenvalue weighted by Crippen LogP contribution is 2.50. The maximum Gasteiger partial charge on any atom is 0.243 e. The Hall–Kier alpha value is 0.400. The van der Waals surface area contributed by atoms with Gasteiger partial charge in [0.05, 0.1) is 23.2 Å². The normalized spacial score (nSPS) is 26.5. The fraction of sp³-hybridized carbons (Fsp3) is 0.739. The summed E-state index contributed by atoms with van der Waals surface area (Å²) in [4.78, 5) is 0. The van der Waals surface area contributed by atoms with E-state index < -0.39 is 0 Å². The third-order valence-corrected chi connectivity index (χ3v) is 7.74. The van der Waals surface area contributed by atoms with E-state index in [0.29, 0.717) is 5.41 Å². The van der Waals surface area contributed by atoms with E-state index in [-0.39, 0.29) is 40.6 Å². The molecule has 2 aliphatic rings. The first-order valence-electron chi connectivity index (χ1n) is 10.1. The van der Waals surface area contributed by atoms with Gasteiger partial charge < -0.3 is 34.2 Å². The van der Waals surface area contributed by atoms with E-state index in [4.69, 9.17) is 4.74 Å². The van der Waals surface area contributed by atoms with Gasteiger partial charge in [-0.25, -0.2) is 0 Å². The maximum absolute atomic E-state index is 6.90. The molecule has 1 aliphatic heterocycles. The van der Waals surface area contributed by atoms with E-state index in [1.807, 2.05) is 0 Å². The van der Waals surface area contributed by atoms with Crippen LogP contribution in [0.3, 0.4) is 0 Å². The monoisotopic (exact) mass is 615 g/mol. The van der Waals surface area contributed by atoms with Gasteiger partial charge >= 0.3 is 0 Å². The van der Waals surface area contributed by atoms with Crippen LogP contribution in [0.1, 0.15) is 78.4 Å². The summed E-state index contributed by atoms with van der Waals surface area (Å²) in [5.74, 6) is 1.96. The Morgan fingerprint density at radius 3 is 2.04 bits per heavy atom. The molecule has 0 unspecified atom stereocenters. The highest BCUT2D eigenvalue weighted by Gasteiger charge is 2.54. The Balaban J connectivity index is 0.00000196. The average molecular weight is 615 g/mol. The van der Waals surface area contributed by atoms with E-state index in [0.717, 1.165) is 22.7 Å². The van der Waals surface area contributed by atoms with Crippen molar-refractivity contribution in [2.75, 3.05) is 14.1 Å². The molecule has 0 amide bonds. The molecule has 1 aromatic rings.